The molecule has 0 unspecified atom stereocenters. The highest BCUT2D eigenvalue weighted by Crippen LogP contribution is 2.19. The molecule has 1 N–H and O–H groups in total. The minimum absolute atomic E-state index is 0.748. The first-order chi connectivity index (χ1) is 9.86. The molecule has 2 aromatic rings. The summed E-state index contributed by atoms with van der Waals surface area (Å²) in [6.45, 7) is 5.19. The van der Waals surface area contributed by atoms with Crippen LogP contribution in [0.4, 0.5) is 0 Å². The molecule has 0 amide bonds. The lowest BCUT2D eigenvalue weighted by Gasteiger charge is -2.21. The van der Waals surface area contributed by atoms with Gasteiger partial charge in [-0.15, -0.1) is 0 Å². The van der Waals surface area contributed by atoms with Gasteiger partial charge in [-0.1, -0.05) is 0 Å². The molecule has 5 nitrogen and oxygen atoms in total. The Labute approximate surface area is 119 Å². The van der Waals surface area contributed by atoms with Crippen LogP contribution in [0.1, 0.15) is 25.5 Å². The molecule has 106 valence electrons. The smallest absolute Gasteiger partial charge is 0.107 e. The van der Waals surface area contributed by atoms with Crippen LogP contribution >= 0.6 is 0 Å². The Kier molecular flexibility index (Phi) is 4.06. The van der Waals surface area contributed by atoms with Gasteiger partial charge in [0.25, 0.3) is 0 Å². The third kappa shape index (κ3) is 2.88. The van der Waals surface area contributed by atoms with Gasteiger partial charge >= 0.3 is 0 Å². The number of aromatic nitrogens is 4. The van der Waals surface area contributed by atoms with E-state index in [-0.39, 0.29) is 0 Å². The van der Waals surface area contributed by atoms with E-state index in [1.165, 1.54) is 12.8 Å². The number of nitrogens with one attached hydrogen (secondary N) is 1. The Morgan fingerprint density at radius 1 is 1.25 bits per heavy atom. The topological polar surface area (TPSA) is 55.6 Å². The van der Waals surface area contributed by atoms with Crippen LogP contribution < -0.4 is 5.32 Å². The Hall–Kier alpha value is -1.75. The van der Waals surface area contributed by atoms with E-state index in [1.807, 2.05) is 29.3 Å². The van der Waals surface area contributed by atoms with Gasteiger partial charge in [0.05, 0.1) is 17.6 Å². The maximum absolute atomic E-state index is 4.58. The minimum atomic E-state index is 0.748. The highest BCUT2D eigenvalue weighted by molar-refractivity contribution is 5.52. The third-order valence-corrected chi connectivity index (χ3v) is 3.94. The van der Waals surface area contributed by atoms with E-state index in [0.717, 1.165) is 49.1 Å². The number of aryl methyl sites for hydroxylation is 1. The summed E-state index contributed by atoms with van der Waals surface area (Å²) in [7, 11) is 0. The summed E-state index contributed by atoms with van der Waals surface area (Å²) in [5.74, 6) is 0.748. The Bertz CT molecular complexity index is 540. The zero-order chi connectivity index (χ0) is 13.8. The van der Waals surface area contributed by atoms with Crippen molar-refractivity contribution in [2.24, 2.45) is 5.92 Å². The van der Waals surface area contributed by atoms with Crippen LogP contribution in [0.3, 0.4) is 0 Å². The molecule has 1 saturated heterocycles. The maximum atomic E-state index is 4.58. The Morgan fingerprint density at radius 2 is 2.10 bits per heavy atom. The monoisotopic (exact) mass is 271 g/mol. The fourth-order valence-electron chi connectivity index (χ4n) is 2.78. The lowest BCUT2D eigenvalue weighted by atomic mass is 9.93. The van der Waals surface area contributed by atoms with Crippen LogP contribution in [0.15, 0.2) is 24.7 Å². The van der Waals surface area contributed by atoms with E-state index in [9.17, 15) is 0 Å². The highest BCUT2D eigenvalue weighted by atomic mass is 15.3. The summed E-state index contributed by atoms with van der Waals surface area (Å²) in [6.07, 6.45) is 9.13. The molecule has 0 saturated carbocycles. The number of rotatable bonds is 4. The molecular formula is C15H21N5. The van der Waals surface area contributed by atoms with Crippen molar-refractivity contribution in [2.75, 3.05) is 13.1 Å². The van der Waals surface area contributed by atoms with E-state index >= 15 is 0 Å². The van der Waals surface area contributed by atoms with Gasteiger partial charge < -0.3 is 5.32 Å². The van der Waals surface area contributed by atoms with E-state index in [1.54, 1.807) is 0 Å². The van der Waals surface area contributed by atoms with Crippen molar-refractivity contribution < 1.29 is 0 Å². The second kappa shape index (κ2) is 6.13. The van der Waals surface area contributed by atoms with Gasteiger partial charge in [-0.25, -0.2) is 0 Å². The second-order valence-electron chi connectivity index (χ2n) is 5.32. The van der Waals surface area contributed by atoms with Crippen molar-refractivity contribution >= 4 is 0 Å². The lowest BCUT2D eigenvalue weighted by Crippen LogP contribution is -2.28. The molecular weight excluding hydrogens is 250 g/mol. The molecule has 20 heavy (non-hydrogen) atoms. The fourth-order valence-corrected chi connectivity index (χ4v) is 2.78. The van der Waals surface area contributed by atoms with Gasteiger partial charge in [-0.2, -0.15) is 5.10 Å². The standard InChI is InChI=1S/C15H21N5/c1-2-20-15(5-8-19-20)14-11-17-13(10-18-14)9-12-3-6-16-7-4-12/h5,8,10-12,16H,2-4,6-7,9H2,1H3. The first-order valence-electron chi connectivity index (χ1n) is 7.40. The molecule has 1 fully saturated rings. The van der Waals surface area contributed by atoms with Crippen LogP contribution in [0.2, 0.25) is 0 Å². The average Bonchev–Trinajstić information content (AvgIpc) is 2.98. The van der Waals surface area contributed by atoms with Crippen LogP contribution in [0.25, 0.3) is 11.4 Å². The normalized spacial score (nSPS) is 16.4. The third-order valence-electron chi connectivity index (χ3n) is 3.94. The van der Waals surface area contributed by atoms with Gasteiger partial charge in [-0.3, -0.25) is 14.6 Å². The van der Waals surface area contributed by atoms with Crippen LogP contribution in [0, 0.1) is 5.92 Å². The van der Waals surface area contributed by atoms with Crippen molar-refractivity contribution in [3.05, 3.63) is 30.4 Å². The molecule has 0 spiro atoms. The van der Waals surface area contributed by atoms with Crippen molar-refractivity contribution in [3.63, 3.8) is 0 Å². The van der Waals surface area contributed by atoms with Gasteiger partial charge in [0.1, 0.15) is 5.69 Å². The van der Waals surface area contributed by atoms with E-state index in [2.05, 4.69) is 27.3 Å². The van der Waals surface area contributed by atoms with Gasteiger partial charge in [0.15, 0.2) is 0 Å². The molecule has 0 aliphatic carbocycles. The van der Waals surface area contributed by atoms with Crippen molar-refractivity contribution in [2.45, 2.75) is 32.7 Å². The van der Waals surface area contributed by atoms with Crippen LogP contribution in [0.5, 0.6) is 0 Å². The summed E-state index contributed by atoms with van der Waals surface area (Å²) >= 11 is 0. The maximum Gasteiger partial charge on any atom is 0.107 e. The van der Waals surface area contributed by atoms with Crippen LogP contribution in [-0.4, -0.2) is 32.8 Å². The van der Waals surface area contributed by atoms with Gasteiger partial charge in [-0.05, 0) is 51.3 Å². The minimum Gasteiger partial charge on any atom is -0.317 e. The molecule has 3 heterocycles. The quantitative estimate of drug-likeness (QED) is 0.923. The lowest BCUT2D eigenvalue weighted by molar-refractivity contribution is 0.370. The number of piperidine rings is 1. The molecule has 0 aromatic carbocycles. The second-order valence-corrected chi connectivity index (χ2v) is 5.32. The average molecular weight is 271 g/mol. The fraction of sp³-hybridized carbons (Fsp3) is 0.533. The first-order valence-corrected chi connectivity index (χ1v) is 7.40. The molecule has 1 aliphatic rings. The molecule has 5 heteroatoms. The zero-order valence-electron chi connectivity index (χ0n) is 11.9. The summed E-state index contributed by atoms with van der Waals surface area (Å²) in [5.41, 5.74) is 3.04. The molecule has 0 bridgehead atoms. The number of hydrogen-bond acceptors (Lipinski definition) is 4. The summed E-state index contributed by atoms with van der Waals surface area (Å²) in [4.78, 5) is 9.14. The molecule has 0 radical (unpaired) electrons. The van der Waals surface area contributed by atoms with Gasteiger partial charge in [0, 0.05) is 18.9 Å². The molecule has 1 aliphatic heterocycles. The zero-order valence-corrected chi connectivity index (χ0v) is 11.9. The first kappa shape index (κ1) is 13.2. The van der Waals surface area contributed by atoms with Crippen LogP contribution in [-0.2, 0) is 13.0 Å². The van der Waals surface area contributed by atoms with Gasteiger partial charge in [0.2, 0.25) is 0 Å². The highest BCUT2D eigenvalue weighted by Gasteiger charge is 2.14. The Morgan fingerprint density at radius 3 is 2.80 bits per heavy atom. The molecule has 2 aromatic heterocycles. The molecule has 0 atom stereocenters. The number of nitrogens with zero attached hydrogens (tertiary/aromatic N) is 4. The largest absolute Gasteiger partial charge is 0.317 e. The van der Waals surface area contributed by atoms with E-state index in [4.69, 9.17) is 0 Å². The SMILES string of the molecule is CCn1nccc1-c1cnc(CC2CCNCC2)cn1. The predicted octanol–water partition coefficient (Wildman–Crippen LogP) is 1.90. The van der Waals surface area contributed by atoms with Crippen molar-refractivity contribution in [1.82, 2.24) is 25.1 Å². The summed E-state index contributed by atoms with van der Waals surface area (Å²) < 4.78 is 1.94. The number of hydrogen-bond donors (Lipinski definition) is 1. The van der Waals surface area contributed by atoms with E-state index in [0.29, 0.717) is 0 Å². The summed E-state index contributed by atoms with van der Waals surface area (Å²) in [6, 6.07) is 1.99. The molecule has 3 rings (SSSR count). The summed E-state index contributed by atoms with van der Waals surface area (Å²) in [5, 5.41) is 7.66. The Balaban J connectivity index is 1.71. The van der Waals surface area contributed by atoms with Crippen molar-refractivity contribution in [1.29, 1.82) is 0 Å². The van der Waals surface area contributed by atoms with Crippen molar-refractivity contribution in [3.8, 4) is 11.4 Å². The van der Waals surface area contributed by atoms with E-state index < -0.39 is 0 Å². The predicted molar refractivity (Wildman–Crippen MR) is 78.2 cm³/mol.